The van der Waals surface area contributed by atoms with Gasteiger partial charge in [-0.25, -0.2) is 27.1 Å². The molecule has 1 aromatic rings. The van der Waals surface area contributed by atoms with Crippen LogP contribution in [0.25, 0.3) is 0 Å². The highest BCUT2D eigenvalue weighted by Gasteiger charge is 2.24. The molecule has 0 spiro atoms. The first-order chi connectivity index (χ1) is 8.77. The van der Waals surface area contributed by atoms with Gasteiger partial charge in [-0.05, 0) is 18.6 Å². The molecule has 0 radical (unpaired) electrons. The van der Waals surface area contributed by atoms with E-state index in [1.54, 1.807) is 0 Å². The molecular weight excluding hydrogens is 280 g/mol. The Balaban J connectivity index is 3.15. The van der Waals surface area contributed by atoms with Crippen LogP contribution in [0, 0.1) is 11.6 Å². The number of hydrogen-bond acceptors (Lipinski definition) is 4. The van der Waals surface area contributed by atoms with Gasteiger partial charge in [-0.3, -0.25) is 0 Å². The lowest BCUT2D eigenvalue weighted by atomic mass is 10.2. The van der Waals surface area contributed by atoms with Crippen molar-refractivity contribution in [1.29, 1.82) is 0 Å². The van der Waals surface area contributed by atoms with Crippen LogP contribution >= 0.6 is 0 Å². The molecule has 0 bridgehead atoms. The van der Waals surface area contributed by atoms with Crippen LogP contribution in [0.1, 0.15) is 30.1 Å². The first-order valence-electron chi connectivity index (χ1n) is 5.46. The molecule has 0 aliphatic carbocycles. The molecule has 0 aromatic heterocycles. The number of unbranched alkanes of at least 4 members (excludes halogenated alkanes) is 1. The van der Waals surface area contributed by atoms with Crippen LogP contribution in [0.4, 0.5) is 8.78 Å². The van der Waals surface area contributed by atoms with Crippen molar-refractivity contribution in [2.45, 2.75) is 24.7 Å². The molecule has 0 fully saturated rings. The number of sulfonamides is 1. The van der Waals surface area contributed by atoms with Crippen molar-refractivity contribution in [2.24, 2.45) is 5.14 Å². The maximum absolute atomic E-state index is 13.8. The number of benzene rings is 1. The average Bonchev–Trinajstić information content (AvgIpc) is 2.30. The summed E-state index contributed by atoms with van der Waals surface area (Å²) in [6.07, 6.45) is 1.31. The molecule has 19 heavy (non-hydrogen) atoms. The summed E-state index contributed by atoms with van der Waals surface area (Å²) < 4.78 is 53.8. The average molecular weight is 293 g/mol. The van der Waals surface area contributed by atoms with Gasteiger partial charge in [0, 0.05) is 0 Å². The molecule has 0 atom stereocenters. The second-order valence-electron chi connectivity index (χ2n) is 3.80. The second-order valence-corrected chi connectivity index (χ2v) is 5.33. The predicted molar refractivity (Wildman–Crippen MR) is 62.9 cm³/mol. The van der Waals surface area contributed by atoms with Gasteiger partial charge in [0.05, 0.1) is 12.2 Å². The Morgan fingerprint density at radius 3 is 2.53 bits per heavy atom. The largest absolute Gasteiger partial charge is 0.462 e. The maximum Gasteiger partial charge on any atom is 0.341 e. The molecule has 5 nitrogen and oxygen atoms in total. The Hall–Kier alpha value is -1.54. The van der Waals surface area contributed by atoms with Crippen LogP contribution in [0.2, 0.25) is 0 Å². The smallest absolute Gasteiger partial charge is 0.341 e. The zero-order valence-corrected chi connectivity index (χ0v) is 11.0. The van der Waals surface area contributed by atoms with E-state index in [2.05, 4.69) is 0 Å². The summed E-state index contributed by atoms with van der Waals surface area (Å²) in [6, 6.07) is 0.978. The lowest BCUT2D eigenvalue weighted by molar-refractivity contribution is 0.0493. The van der Waals surface area contributed by atoms with Gasteiger partial charge in [0.2, 0.25) is 10.0 Å². The Kier molecular flexibility index (Phi) is 4.96. The monoisotopic (exact) mass is 293 g/mol. The number of primary sulfonamides is 1. The molecule has 1 aromatic carbocycles. The highest BCUT2D eigenvalue weighted by Crippen LogP contribution is 2.20. The molecule has 8 heteroatoms. The fraction of sp³-hybridized carbons (Fsp3) is 0.364. The molecule has 0 aliphatic rings. The number of esters is 1. The van der Waals surface area contributed by atoms with Gasteiger partial charge in [0.1, 0.15) is 10.7 Å². The van der Waals surface area contributed by atoms with Gasteiger partial charge in [0.15, 0.2) is 5.82 Å². The van der Waals surface area contributed by atoms with E-state index in [-0.39, 0.29) is 6.61 Å². The van der Waals surface area contributed by atoms with E-state index in [4.69, 9.17) is 9.88 Å². The third-order valence-electron chi connectivity index (χ3n) is 2.26. The third-order valence-corrected chi connectivity index (χ3v) is 3.17. The molecular formula is C11H13F2NO4S. The number of nitrogens with two attached hydrogens (primary N) is 1. The van der Waals surface area contributed by atoms with Crippen molar-refractivity contribution < 1.29 is 26.7 Å². The summed E-state index contributed by atoms with van der Waals surface area (Å²) in [6.45, 7) is 1.89. The van der Waals surface area contributed by atoms with Crippen molar-refractivity contribution >= 4 is 16.0 Å². The molecule has 0 saturated heterocycles. The molecule has 106 valence electrons. The van der Waals surface area contributed by atoms with Crippen LogP contribution in [0.3, 0.4) is 0 Å². The lowest BCUT2D eigenvalue weighted by Gasteiger charge is -2.08. The fourth-order valence-electron chi connectivity index (χ4n) is 1.31. The van der Waals surface area contributed by atoms with Gasteiger partial charge in [-0.2, -0.15) is 0 Å². The van der Waals surface area contributed by atoms with Gasteiger partial charge < -0.3 is 4.74 Å². The molecule has 2 N–H and O–H groups in total. The van der Waals surface area contributed by atoms with Crippen LogP contribution in [0.15, 0.2) is 17.0 Å². The SMILES string of the molecule is CCCCOC(=O)c1cc(F)cc(S(N)(=O)=O)c1F. The van der Waals surface area contributed by atoms with Crippen molar-refractivity contribution in [1.82, 2.24) is 0 Å². The normalized spacial score (nSPS) is 11.4. The molecule has 0 unspecified atom stereocenters. The topological polar surface area (TPSA) is 86.5 Å². The Bertz CT molecular complexity index is 587. The summed E-state index contributed by atoms with van der Waals surface area (Å²) in [5, 5.41) is 4.73. The molecule has 1 rings (SSSR count). The summed E-state index contributed by atoms with van der Waals surface area (Å²) >= 11 is 0. The van der Waals surface area contributed by atoms with E-state index in [9.17, 15) is 22.0 Å². The van der Waals surface area contributed by atoms with Crippen molar-refractivity contribution in [2.75, 3.05) is 6.61 Å². The quantitative estimate of drug-likeness (QED) is 0.659. The minimum absolute atomic E-state index is 0.0377. The number of carbonyl (C=O) groups excluding carboxylic acids is 1. The number of hydrogen-bond donors (Lipinski definition) is 1. The highest BCUT2D eigenvalue weighted by molar-refractivity contribution is 7.89. The highest BCUT2D eigenvalue weighted by atomic mass is 32.2. The van der Waals surface area contributed by atoms with E-state index in [0.717, 1.165) is 6.42 Å². The van der Waals surface area contributed by atoms with Crippen molar-refractivity contribution in [3.05, 3.63) is 29.3 Å². The molecule has 0 saturated carbocycles. The van der Waals surface area contributed by atoms with Crippen LogP contribution in [-0.2, 0) is 14.8 Å². The zero-order chi connectivity index (χ0) is 14.6. The fourth-order valence-corrected chi connectivity index (χ4v) is 1.94. The van der Waals surface area contributed by atoms with Gasteiger partial charge in [-0.15, -0.1) is 0 Å². The van der Waals surface area contributed by atoms with Crippen LogP contribution < -0.4 is 5.14 Å². The van der Waals surface area contributed by atoms with Crippen molar-refractivity contribution in [3.8, 4) is 0 Å². The molecule has 0 aliphatic heterocycles. The van der Waals surface area contributed by atoms with E-state index >= 15 is 0 Å². The summed E-state index contributed by atoms with van der Waals surface area (Å²) in [5.41, 5.74) is -0.792. The molecule has 0 amide bonds. The van der Waals surface area contributed by atoms with Gasteiger partial charge in [-0.1, -0.05) is 13.3 Å². The van der Waals surface area contributed by atoms with Gasteiger partial charge >= 0.3 is 5.97 Å². The van der Waals surface area contributed by atoms with E-state index < -0.39 is 38.1 Å². The minimum atomic E-state index is -4.46. The van der Waals surface area contributed by atoms with Crippen LogP contribution in [0.5, 0.6) is 0 Å². The first kappa shape index (κ1) is 15.5. The Morgan fingerprint density at radius 1 is 1.37 bits per heavy atom. The van der Waals surface area contributed by atoms with E-state index in [0.29, 0.717) is 18.6 Å². The zero-order valence-electron chi connectivity index (χ0n) is 10.2. The molecule has 0 heterocycles. The third kappa shape index (κ3) is 3.97. The Morgan fingerprint density at radius 2 is 2.00 bits per heavy atom. The maximum atomic E-state index is 13.8. The minimum Gasteiger partial charge on any atom is -0.462 e. The standard InChI is InChI=1S/C11H13F2NO4S/c1-2-3-4-18-11(15)8-5-7(12)6-9(10(8)13)19(14,16)17/h5-6H,2-4H2,1H3,(H2,14,16,17). The summed E-state index contributed by atoms with van der Waals surface area (Å²) in [4.78, 5) is 10.4. The van der Waals surface area contributed by atoms with E-state index in [1.165, 1.54) is 0 Å². The number of carbonyl (C=O) groups is 1. The predicted octanol–water partition coefficient (Wildman–Crippen LogP) is 1.57. The second kappa shape index (κ2) is 6.07. The van der Waals surface area contributed by atoms with Gasteiger partial charge in [0.25, 0.3) is 0 Å². The van der Waals surface area contributed by atoms with Crippen molar-refractivity contribution in [3.63, 3.8) is 0 Å². The lowest BCUT2D eigenvalue weighted by Crippen LogP contribution is -2.18. The van der Waals surface area contributed by atoms with Crippen LogP contribution in [-0.4, -0.2) is 21.0 Å². The number of ether oxygens (including phenoxy) is 1. The summed E-state index contributed by atoms with van der Waals surface area (Å²) in [5.74, 6) is -3.63. The Labute approximate surface area is 109 Å². The number of halogens is 2. The number of rotatable bonds is 5. The first-order valence-corrected chi connectivity index (χ1v) is 7.01. The summed E-state index contributed by atoms with van der Waals surface area (Å²) in [7, 11) is -4.46. The van der Waals surface area contributed by atoms with E-state index in [1.807, 2.05) is 6.92 Å².